The lowest BCUT2D eigenvalue weighted by Crippen LogP contribution is -2.22. The lowest BCUT2D eigenvalue weighted by Gasteiger charge is -2.11. The van der Waals surface area contributed by atoms with E-state index in [-0.39, 0.29) is 22.6 Å². The largest absolute Gasteiger partial charge is 0.356 e. The number of aromatic amines is 1. The number of benzene rings is 1. The van der Waals surface area contributed by atoms with Crippen molar-refractivity contribution in [3.63, 3.8) is 0 Å². The van der Waals surface area contributed by atoms with Crippen LogP contribution in [0.3, 0.4) is 0 Å². The summed E-state index contributed by atoms with van der Waals surface area (Å²) in [7, 11) is 0. The summed E-state index contributed by atoms with van der Waals surface area (Å²) in [6.07, 6.45) is 2.58. The normalized spacial score (nSPS) is 12.0. The maximum Gasteiger partial charge on any atom is 0.343 e. The van der Waals surface area contributed by atoms with Gasteiger partial charge < -0.3 is 5.32 Å². The molecule has 146 valence electrons. The van der Waals surface area contributed by atoms with Gasteiger partial charge in [-0.15, -0.1) is 5.10 Å². The number of hydrogen-bond donors (Lipinski definition) is 2. The molecule has 0 spiro atoms. The van der Waals surface area contributed by atoms with Crippen molar-refractivity contribution in [2.75, 3.05) is 6.54 Å². The minimum atomic E-state index is -0.356. The first-order chi connectivity index (χ1) is 12.9. The summed E-state index contributed by atoms with van der Waals surface area (Å²) in [6, 6.07) is 7.41. The summed E-state index contributed by atoms with van der Waals surface area (Å²) in [5.74, 6) is -0.0608. The van der Waals surface area contributed by atoms with Crippen LogP contribution in [-0.4, -0.2) is 38.2 Å². The lowest BCUT2D eigenvalue weighted by molar-refractivity contribution is -0.118. The number of carbonyl (C=O) groups excluding carboxylic acids is 2. The van der Waals surface area contributed by atoms with Gasteiger partial charge in [-0.1, -0.05) is 49.4 Å². The first kappa shape index (κ1) is 21.0. The molecular formula is C19H26N4O3S. The number of nitrogens with zero attached hydrogens (tertiary/aromatic N) is 2. The number of nitrogens with one attached hydrogen (secondary N) is 2. The van der Waals surface area contributed by atoms with Crippen molar-refractivity contribution >= 4 is 23.5 Å². The second-order valence-corrected chi connectivity index (χ2v) is 7.68. The van der Waals surface area contributed by atoms with E-state index >= 15 is 0 Å². The van der Waals surface area contributed by atoms with Crippen LogP contribution in [0.4, 0.5) is 0 Å². The Balaban J connectivity index is 1.99. The van der Waals surface area contributed by atoms with E-state index in [1.807, 2.05) is 19.1 Å². The van der Waals surface area contributed by atoms with Crippen LogP contribution in [-0.2, 0) is 17.8 Å². The average molecular weight is 391 g/mol. The number of H-pyrrole nitrogens is 1. The maximum absolute atomic E-state index is 12.7. The molecule has 0 aliphatic carbocycles. The highest BCUT2D eigenvalue weighted by Crippen LogP contribution is 2.23. The van der Waals surface area contributed by atoms with E-state index in [1.165, 1.54) is 18.7 Å². The highest BCUT2D eigenvalue weighted by Gasteiger charge is 2.20. The number of thioether (sulfide) groups is 1. The van der Waals surface area contributed by atoms with Crippen LogP contribution in [0.5, 0.6) is 0 Å². The fraction of sp³-hybridized carbons (Fsp3) is 0.474. The van der Waals surface area contributed by atoms with Crippen LogP contribution < -0.4 is 11.0 Å². The Labute approximate surface area is 162 Å². The van der Waals surface area contributed by atoms with E-state index in [1.54, 1.807) is 16.7 Å². The summed E-state index contributed by atoms with van der Waals surface area (Å²) >= 11 is 1.29. The third-order valence-corrected chi connectivity index (χ3v) is 5.23. The quantitative estimate of drug-likeness (QED) is 0.480. The number of ketones is 1. The molecular weight excluding hydrogens is 364 g/mol. The van der Waals surface area contributed by atoms with E-state index in [2.05, 4.69) is 22.4 Å². The minimum absolute atomic E-state index is 0.00842. The molecule has 0 fully saturated rings. The number of rotatable bonds is 10. The molecule has 1 amide bonds. The molecule has 0 bridgehead atoms. The van der Waals surface area contributed by atoms with E-state index < -0.39 is 0 Å². The summed E-state index contributed by atoms with van der Waals surface area (Å²) in [5, 5.41) is 9.45. The van der Waals surface area contributed by atoms with Crippen LogP contribution in [0.1, 0.15) is 49.5 Å². The van der Waals surface area contributed by atoms with E-state index in [0.717, 1.165) is 24.8 Å². The predicted octanol–water partition coefficient (Wildman–Crippen LogP) is 2.41. The van der Waals surface area contributed by atoms with Crippen molar-refractivity contribution < 1.29 is 9.59 Å². The van der Waals surface area contributed by atoms with Gasteiger partial charge in [0.1, 0.15) is 0 Å². The van der Waals surface area contributed by atoms with Crippen molar-refractivity contribution in [1.82, 2.24) is 20.1 Å². The fourth-order valence-electron chi connectivity index (χ4n) is 2.57. The SMILES string of the molecule is CCCCn1c(SC(C)C(=O)c2ccc(CCNC(C)=O)cc2)n[nH]c1=O. The summed E-state index contributed by atoms with van der Waals surface area (Å²) in [5.41, 5.74) is 1.44. The van der Waals surface area contributed by atoms with Gasteiger partial charge in [-0.25, -0.2) is 9.89 Å². The number of unbranched alkanes of at least 4 members (excludes halogenated alkanes) is 1. The molecule has 27 heavy (non-hydrogen) atoms. The van der Waals surface area contributed by atoms with Crippen LogP contribution in [0.15, 0.2) is 34.2 Å². The molecule has 0 saturated carbocycles. The third kappa shape index (κ3) is 6.09. The molecule has 1 aromatic heterocycles. The molecule has 1 aromatic carbocycles. The standard InChI is InChI=1S/C19H26N4O3S/c1-4-5-12-23-18(26)21-22-19(23)27-13(2)17(25)16-8-6-15(7-9-16)10-11-20-14(3)24/h6-9,13H,4-5,10-12H2,1-3H3,(H,20,24)(H,21,26). The highest BCUT2D eigenvalue weighted by atomic mass is 32.2. The lowest BCUT2D eigenvalue weighted by atomic mass is 10.0. The Morgan fingerprint density at radius 2 is 2.00 bits per heavy atom. The Kier molecular flexibility index (Phi) is 7.84. The zero-order chi connectivity index (χ0) is 19.8. The molecule has 2 N–H and O–H groups in total. The van der Waals surface area contributed by atoms with Gasteiger partial charge in [-0.2, -0.15) is 0 Å². The summed E-state index contributed by atoms with van der Waals surface area (Å²) in [6.45, 7) is 6.54. The van der Waals surface area contributed by atoms with Gasteiger partial charge in [-0.3, -0.25) is 14.2 Å². The molecule has 1 unspecified atom stereocenters. The molecule has 0 saturated heterocycles. The predicted molar refractivity (Wildman–Crippen MR) is 106 cm³/mol. The number of amides is 1. The van der Waals surface area contributed by atoms with E-state index in [9.17, 15) is 14.4 Å². The molecule has 7 nitrogen and oxygen atoms in total. The maximum atomic E-state index is 12.7. The summed E-state index contributed by atoms with van der Waals surface area (Å²) in [4.78, 5) is 35.4. The molecule has 2 rings (SSSR count). The average Bonchev–Trinajstić information content (AvgIpc) is 2.99. The van der Waals surface area contributed by atoms with Crippen molar-refractivity contribution in [2.45, 2.75) is 57.0 Å². The third-order valence-electron chi connectivity index (χ3n) is 4.14. The molecule has 2 aromatic rings. The molecule has 0 aliphatic heterocycles. The number of Topliss-reactive ketones (excluding diaryl/α,β-unsaturated/α-hetero) is 1. The number of aromatic nitrogens is 3. The van der Waals surface area contributed by atoms with Gasteiger partial charge in [-0.05, 0) is 25.3 Å². The highest BCUT2D eigenvalue weighted by molar-refractivity contribution is 8.00. The molecule has 0 radical (unpaired) electrons. The van der Waals surface area contributed by atoms with E-state index in [4.69, 9.17) is 0 Å². The Morgan fingerprint density at radius 3 is 2.63 bits per heavy atom. The van der Waals surface area contributed by atoms with Gasteiger partial charge >= 0.3 is 5.69 Å². The van der Waals surface area contributed by atoms with Crippen molar-refractivity contribution in [1.29, 1.82) is 0 Å². The van der Waals surface area contributed by atoms with Crippen molar-refractivity contribution in [3.8, 4) is 0 Å². The first-order valence-electron chi connectivity index (χ1n) is 9.11. The van der Waals surface area contributed by atoms with Gasteiger partial charge in [0.25, 0.3) is 0 Å². The first-order valence-corrected chi connectivity index (χ1v) is 9.99. The zero-order valence-electron chi connectivity index (χ0n) is 15.9. The Bertz CT molecular complexity index is 826. The number of hydrogen-bond acceptors (Lipinski definition) is 5. The van der Waals surface area contributed by atoms with Crippen LogP contribution >= 0.6 is 11.8 Å². The molecule has 0 aliphatic rings. The van der Waals surface area contributed by atoms with Gasteiger partial charge in [0.15, 0.2) is 10.9 Å². The minimum Gasteiger partial charge on any atom is -0.356 e. The fourth-order valence-corrected chi connectivity index (χ4v) is 3.53. The zero-order valence-corrected chi connectivity index (χ0v) is 16.8. The Morgan fingerprint density at radius 1 is 1.30 bits per heavy atom. The summed E-state index contributed by atoms with van der Waals surface area (Å²) < 4.78 is 1.59. The molecule has 8 heteroatoms. The van der Waals surface area contributed by atoms with Gasteiger partial charge in [0.05, 0.1) is 5.25 Å². The molecule has 1 atom stereocenters. The topological polar surface area (TPSA) is 96.8 Å². The number of carbonyl (C=O) groups is 2. The van der Waals surface area contributed by atoms with Crippen LogP contribution in [0.25, 0.3) is 0 Å². The van der Waals surface area contributed by atoms with Gasteiger partial charge in [0.2, 0.25) is 5.91 Å². The molecule has 1 heterocycles. The van der Waals surface area contributed by atoms with Crippen LogP contribution in [0.2, 0.25) is 0 Å². The Hall–Kier alpha value is -2.35. The second kappa shape index (κ2) is 10.1. The smallest absolute Gasteiger partial charge is 0.343 e. The monoisotopic (exact) mass is 390 g/mol. The van der Waals surface area contributed by atoms with Crippen molar-refractivity contribution in [2.24, 2.45) is 0 Å². The van der Waals surface area contributed by atoms with Crippen LogP contribution in [0, 0.1) is 0 Å². The second-order valence-electron chi connectivity index (χ2n) is 6.37. The van der Waals surface area contributed by atoms with Crippen molar-refractivity contribution in [3.05, 3.63) is 45.9 Å². The van der Waals surface area contributed by atoms with Gasteiger partial charge in [0, 0.05) is 25.6 Å². The van der Waals surface area contributed by atoms with E-state index in [0.29, 0.717) is 23.8 Å².